The molecule has 0 spiro atoms. The van der Waals surface area contributed by atoms with Gasteiger partial charge in [0.05, 0.1) is 18.2 Å². The zero-order valence-corrected chi connectivity index (χ0v) is 15.8. The number of carbonyl (C=O) groups excluding carboxylic acids is 1. The van der Waals surface area contributed by atoms with Crippen LogP contribution in [-0.2, 0) is 4.79 Å². The number of nitrogens with one attached hydrogen (secondary N) is 1. The number of amides is 1. The number of ether oxygens (including phenoxy) is 1. The summed E-state index contributed by atoms with van der Waals surface area (Å²) < 4.78 is 5.62. The third kappa shape index (κ3) is 2.69. The Morgan fingerprint density at radius 3 is 2.27 bits per heavy atom. The van der Waals surface area contributed by atoms with Gasteiger partial charge in [-0.25, -0.2) is 0 Å². The molecule has 1 saturated heterocycles. The molecule has 1 N–H and O–H groups in total. The van der Waals surface area contributed by atoms with Crippen LogP contribution in [0.15, 0.2) is 18.2 Å². The van der Waals surface area contributed by atoms with Gasteiger partial charge in [0.2, 0.25) is 5.91 Å². The van der Waals surface area contributed by atoms with Crippen molar-refractivity contribution in [2.45, 2.75) is 51.4 Å². The van der Waals surface area contributed by atoms with Crippen LogP contribution in [0.3, 0.4) is 0 Å². The van der Waals surface area contributed by atoms with Gasteiger partial charge in [-0.3, -0.25) is 4.79 Å². The Kier molecular flexibility index (Phi) is 3.91. The van der Waals surface area contributed by atoms with Gasteiger partial charge in [-0.15, -0.1) is 0 Å². The molecule has 4 nitrogen and oxygen atoms in total. The van der Waals surface area contributed by atoms with Gasteiger partial charge < -0.3 is 15.0 Å². The predicted molar refractivity (Wildman–Crippen MR) is 104 cm³/mol. The molecule has 4 heteroatoms. The molecule has 0 unspecified atom stereocenters. The second-order valence-corrected chi connectivity index (χ2v) is 9.23. The lowest BCUT2D eigenvalue weighted by atomic mass is 9.49. The van der Waals surface area contributed by atoms with Crippen LogP contribution < -0.4 is 15.0 Å². The van der Waals surface area contributed by atoms with Gasteiger partial charge in [0.25, 0.3) is 0 Å². The predicted octanol–water partition coefficient (Wildman–Crippen LogP) is 4.45. The SMILES string of the molecule is COc1cc(N2CCCC2)ccc1NC(=O)C12CC3CC(CC(C3)C1)C2. The highest BCUT2D eigenvalue weighted by Gasteiger charge is 2.54. The zero-order valence-electron chi connectivity index (χ0n) is 15.8. The Morgan fingerprint density at radius 2 is 1.69 bits per heavy atom. The van der Waals surface area contributed by atoms with Crippen molar-refractivity contribution in [3.8, 4) is 5.75 Å². The molecule has 6 rings (SSSR count). The Morgan fingerprint density at radius 1 is 1.08 bits per heavy atom. The summed E-state index contributed by atoms with van der Waals surface area (Å²) in [5, 5.41) is 3.25. The molecule has 4 bridgehead atoms. The number of hydrogen-bond acceptors (Lipinski definition) is 3. The van der Waals surface area contributed by atoms with E-state index in [1.165, 1.54) is 37.8 Å². The first-order chi connectivity index (χ1) is 12.6. The smallest absolute Gasteiger partial charge is 0.230 e. The van der Waals surface area contributed by atoms with Crippen molar-refractivity contribution in [3.63, 3.8) is 0 Å². The third-order valence-corrected chi connectivity index (χ3v) is 7.42. The highest BCUT2D eigenvalue weighted by Crippen LogP contribution is 2.60. The second-order valence-electron chi connectivity index (χ2n) is 9.23. The van der Waals surface area contributed by atoms with Gasteiger partial charge in [0, 0.05) is 24.8 Å². The zero-order chi connectivity index (χ0) is 17.7. The Balaban J connectivity index is 1.36. The molecule has 5 fully saturated rings. The van der Waals surface area contributed by atoms with E-state index in [1.54, 1.807) is 7.11 Å². The van der Waals surface area contributed by atoms with Crippen LogP contribution in [0.4, 0.5) is 11.4 Å². The van der Waals surface area contributed by atoms with Crippen molar-refractivity contribution in [1.82, 2.24) is 0 Å². The maximum atomic E-state index is 13.3. The van der Waals surface area contributed by atoms with E-state index >= 15 is 0 Å². The van der Waals surface area contributed by atoms with Gasteiger partial charge in [-0.1, -0.05) is 0 Å². The molecule has 1 aromatic rings. The molecule has 0 aromatic heterocycles. The van der Waals surface area contributed by atoms with Crippen molar-refractivity contribution < 1.29 is 9.53 Å². The highest BCUT2D eigenvalue weighted by atomic mass is 16.5. The van der Waals surface area contributed by atoms with Gasteiger partial charge in [0.1, 0.15) is 5.75 Å². The first-order valence-corrected chi connectivity index (χ1v) is 10.4. The van der Waals surface area contributed by atoms with Crippen LogP contribution in [0.2, 0.25) is 0 Å². The fourth-order valence-corrected chi connectivity index (χ4v) is 6.60. The van der Waals surface area contributed by atoms with Gasteiger partial charge in [-0.2, -0.15) is 0 Å². The quantitative estimate of drug-likeness (QED) is 0.868. The van der Waals surface area contributed by atoms with E-state index < -0.39 is 0 Å². The minimum Gasteiger partial charge on any atom is -0.494 e. The summed E-state index contributed by atoms with van der Waals surface area (Å²) in [6, 6.07) is 6.24. The summed E-state index contributed by atoms with van der Waals surface area (Å²) in [5.74, 6) is 3.38. The minimum absolute atomic E-state index is 0.118. The van der Waals surface area contributed by atoms with E-state index in [0.717, 1.165) is 61.5 Å². The van der Waals surface area contributed by atoms with Crippen molar-refractivity contribution in [3.05, 3.63) is 18.2 Å². The normalized spacial score (nSPS) is 35.0. The van der Waals surface area contributed by atoms with Gasteiger partial charge >= 0.3 is 0 Å². The molecule has 1 aromatic carbocycles. The van der Waals surface area contributed by atoms with E-state index in [9.17, 15) is 4.79 Å². The molecule has 1 aliphatic heterocycles. The number of benzene rings is 1. The molecule has 26 heavy (non-hydrogen) atoms. The van der Waals surface area contributed by atoms with Crippen molar-refractivity contribution in [1.29, 1.82) is 0 Å². The molecule has 5 aliphatic rings. The molecule has 0 atom stereocenters. The monoisotopic (exact) mass is 354 g/mol. The fourth-order valence-electron chi connectivity index (χ4n) is 6.60. The largest absolute Gasteiger partial charge is 0.494 e. The van der Waals surface area contributed by atoms with Crippen LogP contribution in [0.25, 0.3) is 0 Å². The minimum atomic E-state index is -0.118. The van der Waals surface area contributed by atoms with Crippen LogP contribution in [-0.4, -0.2) is 26.1 Å². The van der Waals surface area contributed by atoms with E-state index in [4.69, 9.17) is 4.74 Å². The van der Waals surface area contributed by atoms with E-state index in [-0.39, 0.29) is 11.3 Å². The van der Waals surface area contributed by atoms with Gasteiger partial charge in [0.15, 0.2) is 0 Å². The molecule has 4 saturated carbocycles. The van der Waals surface area contributed by atoms with Crippen molar-refractivity contribution in [2.75, 3.05) is 30.4 Å². The van der Waals surface area contributed by atoms with Crippen LogP contribution in [0, 0.1) is 23.2 Å². The average Bonchev–Trinajstić information content (AvgIpc) is 3.15. The topological polar surface area (TPSA) is 41.6 Å². The first-order valence-electron chi connectivity index (χ1n) is 10.4. The summed E-state index contributed by atoms with van der Waals surface area (Å²) in [4.78, 5) is 15.7. The summed E-state index contributed by atoms with van der Waals surface area (Å²) in [6.45, 7) is 2.23. The Bertz CT molecular complexity index is 673. The third-order valence-electron chi connectivity index (χ3n) is 7.42. The lowest BCUT2D eigenvalue weighted by Crippen LogP contribution is -2.51. The number of hydrogen-bond donors (Lipinski definition) is 1. The van der Waals surface area contributed by atoms with Crippen molar-refractivity contribution in [2.24, 2.45) is 23.2 Å². The molecule has 1 heterocycles. The van der Waals surface area contributed by atoms with E-state index in [1.807, 2.05) is 6.07 Å². The Labute approximate surface area is 156 Å². The average molecular weight is 354 g/mol. The highest BCUT2D eigenvalue weighted by molar-refractivity contribution is 5.97. The lowest BCUT2D eigenvalue weighted by molar-refractivity contribution is -0.140. The van der Waals surface area contributed by atoms with E-state index in [0.29, 0.717) is 0 Å². The maximum Gasteiger partial charge on any atom is 0.230 e. The summed E-state index contributed by atoms with van der Waals surface area (Å²) in [7, 11) is 1.70. The first kappa shape index (κ1) is 16.5. The summed E-state index contributed by atoms with van der Waals surface area (Å²) >= 11 is 0. The number of carbonyl (C=O) groups is 1. The van der Waals surface area contributed by atoms with Crippen LogP contribution in [0.1, 0.15) is 51.4 Å². The van der Waals surface area contributed by atoms with Crippen LogP contribution in [0.5, 0.6) is 5.75 Å². The maximum absolute atomic E-state index is 13.3. The second kappa shape index (κ2) is 6.17. The number of rotatable bonds is 4. The summed E-state index contributed by atoms with van der Waals surface area (Å²) in [5.41, 5.74) is 1.91. The molecule has 4 aliphatic carbocycles. The molecular formula is C22H30N2O2. The number of anilines is 2. The van der Waals surface area contributed by atoms with E-state index in [2.05, 4.69) is 22.3 Å². The standard InChI is InChI=1S/C22H30N2O2/c1-26-20-11-18(24-6-2-3-7-24)4-5-19(20)23-21(25)22-12-15-8-16(13-22)10-17(9-15)14-22/h4-5,11,15-17H,2-3,6-10,12-14H2,1H3,(H,23,25). The van der Waals surface area contributed by atoms with Gasteiger partial charge in [-0.05, 0) is 81.3 Å². The van der Waals surface area contributed by atoms with Crippen molar-refractivity contribution >= 4 is 17.3 Å². The number of nitrogens with zero attached hydrogens (tertiary/aromatic N) is 1. The molecule has 140 valence electrons. The molecule has 0 radical (unpaired) electrons. The number of methoxy groups -OCH3 is 1. The lowest BCUT2D eigenvalue weighted by Gasteiger charge is -2.55. The molecular weight excluding hydrogens is 324 g/mol. The summed E-state index contributed by atoms with van der Waals surface area (Å²) in [6.07, 6.45) is 9.89. The molecule has 1 amide bonds. The Hall–Kier alpha value is -1.71. The van der Waals surface area contributed by atoms with Crippen LogP contribution >= 0.6 is 0 Å². The fraction of sp³-hybridized carbons (Fsp3) is 0.682.